The van der Waals surface area contributed by atoms with Crippen molar-refractivity contribution in [2.75, 3.05) is 5.32 Å². The molecule has 1 aromatic heterocycles. The molecular formula is C14H17IN4. The summed E-state index contributed by atoms with van der Waals surface area (Å²) < 4.78 is 0. The third-order valence-electron chi connectivity index (χ3n) is 2.43. The molecule has 100 valence electrons. The van der Waals surface area contributed by atoms with Crippen molar-refractivity contribution >= 4 is 35.6 Å². The Hall–Kier alpha value is -1.63. The number of halogens is 1. The summed E-state index contributed by atoms with van der Waals surface area (Å²) in [5.74, 6) is 0.395. The lowest BCUT2D eigenvalue weighted by atomic mass is 10.2. The van der Waals surface area contributed by atoms with E-state index in [2.05, 4.69) is 15.3 Å². The lowest BCUT2D eigenvalue weighted by molar-refractivity contribution is 0.985. The van der Waals surface area contributed by atoms with Gasteiger partial charge >= 0.3 is 0 Å². The van der Waals surface area contributed by atoms with Gasteiger partial charge in [-0.15, -0.1) is 24.0 Å². The summed E-state index contributed by atoms with van der Waals surface area (Å²) in [6, 6.07) is 13.7. The van der Waals surface area contributed by atoms with Crippen LogP contribution in [0.25, 0.3) is 0 Å². The van der Waals surface area contributed by atoms with E-state index in [0.29, 0.717) is 12.5 Å². The second-order valence-electron chi connectivity index (χ2n) is 4.02. The molecule has 4 nitrogen and oxygen atoms in total. The van der Waals surface area contributed by atoms with Crippen LogP contribution >= 0.6 is 24.0 Å². The molecule has 0 saturated carbocycles. The Morgan fingerprint density at radius 3 is 2.79 bits per heavy atom. The highest BCUT2D eigenvalue weighted by molar-refractivity contribution is 14.0. The number of aromatic nitrogens is 1. The highest BCUT2D eigenvalue weighted by atomic mass is 127. The quantitative estimate of drug-likeness (QED) is 0.498. The van der Waals surface area contributed by atoms with Gasteiger partial charge < -0.3 is 11.1 Å². The van der Waals surface area contributed by atoms with Crippen LogP contribution in [0.15, 0.2) is 53.7 Å². The van der Waals surface area contributed by atoms with E-state index < -0.39 is 0 Å². The highest BCUT2D eigenvalue weighted by Crippen LogP contribution is 2.08. The van der Waals surface area contributed by atoms with Crippen LogP contribution < -0.4 is 11.1 Å². The van der Waals surface area contributed by atoms with Gasteiger partial charge in [-0.3, -0.25) is 4.98 Å². The van der Waals surface area contributed by atoms with Crippen molar-refractivity contribution in [2.45, 2.75) is 13.5 Å². The monoisotopic (exact) mass is 368 g/mol. The first-order valence-electron chi connectivity index (χ1n) is 5.77. The van der Waals surface area contributed by atoms with Crippen LogP contribution in [0.5, 0.6) is 0 Å². The zero-order valence-corrected chi connectivity index (χ0v) is 13.0. The third-order valence-corrected chi connectivity index (χ3v) is 2.43. The third kappa shape index (κ3) is 5.25. The molecule has 0 bridgehead atoms. The molecule has 3 N–H and O–H groups in total. The van der Waals surface area contributed by atoms with Crippen LogP contribution in [0.4, 0.5) is 5.69 Å². The zero-order valence-electron chi connectivity index (χ0n) is 10.7. The lowest BCUT2D eigenvalue weighted by Crippen LogP contribution is -2.22. The largest absolute Gasteiger partial charge is 0.370 e. The van der Waals surface area contributed by atoms with Gasteiger partial charge in [0.25, 0.3) is 0 Å². The number of rotatable bonds is 3. The molecule has 0 fully saturated rings. The first-order chi connectivity index (χ1) is 8.74. The molecular weight excluding hydrogens is 351 g/mol. The minimum absolute atomic E-state index is 0. The van der Waals surface area contributed by atoms with E-state index in [1.807, 2.05) is 49.4 Å². The van der Waals surface area contributed by atoms with Gasteiger partial charge in [0.05, 0.1) is 12.2 Å². The van der Waals surface area contributed by atoms with Gasteiger partial charge in [-0.1, -0.05) is 18.2 Å². The summed E-state index contributed by atoms with van der Waals surface area (Å²) >= 11 is 0. The summed E-state index contributed by atoms with van der Waals surface area (Å²) in [6.45, 7) is 2.51. The standard InChI is InChI=1S/C14H16N4.HI/c1-11-5-4-7-12(9-11)18-14(15)17-10-13-6-2-3-8-16-13;/h2-9H,10H2,1H3,(H3,15,17,18);1H. The molecule has 2 aromatic rings. The molecule has 1 aromatic carbocycles. The number of pyridine rings is 1. The molecule has 0 spiro atoms. The summed E-state index contributed by atoms with van der Waals surface area (Å²) in [5.41, 5.74) is 8.83. The van der Waals surface area contributed by atoms with Crippen molar-refractivity contribution in [1.82, 2.24) is 4.98 Å². The maximum absolute atomic E-state index is 5.81. The van der Waals surface area contributed by atoms with Gasteiger partial charge in [-0.05, 0) is 36.8 Å². The van der Waals surface area contributed by atoms with Crippen LogP contribution in [-0.4, -0.2) is 10.9 Å². The molecule has 1 heterocycles. The van der Waals surface area contributed by atoms with Crippen LogP contribution in [0, 0.1) is 6.92 Å². The van der Waals surface area contributed by atoms with E-state index in [9.17, 15) is 0 Å². The molecule has 0 aliphatic rings. The van der Waals surface area contributed by atoms with E-state index >= 15 is 0 Å². The first kappa shape index (κ1) is 15.4. The van der Waals surface area contributed by atoms with E-state index in [1.54, 1.807) is 6.20 Å². The van der Waals surface area contributed by atoms with Crippen molar-refractivity contribution in [3.63, 3.8) is 0 Å². The number of anilines is 1. The molecule has 0 saturated heterocycles. The van der Waals surface area contributed by atoms with Gasteiger partial charge in [-0.25, -0.2) is 4.99 Å². The maximum Gasteiger partial charge on any atom is 0.193 e. The molecule has 0 aliphatic carbocycles. The fourth-order valence-corrected chi connectivity index (χ4v) is 1.57. The summed E-state index contributed by atoms with van der Waals surface area (Å²) in [6.07, 6.45) is 1.75. The van der Waals surface area contributed by atoms with Crippen LogP contribution in [-0.2, 0) is 6.54 Å². The van der Waals surface area contributed by atoms with E-state index in [-0.39, 0.29) is 24.0 Å². The Kier molecular flexibility index (Phi) is 6.27. The highest BCUT2D eigenvalue weighted by Gasteiger charge is 1.96. The number of hydrogen-bond acceptors (Lipinski definition) is 2. The minimum Gasteiger partial charge on any atom is -0.370 e. The SMILES string of the molecule is Cc1cccc(NC(N)=NCc2ccccn2)c1.I. The fraction of sp³-hybridized carbons (Fsp3) is 0.143. The van der Waals surface area contributed by atoms with E-state index in [0.717, 1.165) is 11.4 Å². The molecule has 2 rings (SSSR count). The number of nitrogens with two attached hydrogens (primary N) is 1. The summed E-state index contributed by atoms with van der Waals surface area (Å²) in [7, 11) is 0. The van der Waals surface area contributed by atoms with Gasteiger partial charge in [-0.2, -0.15) is 0 Å². The predicted molar refractivity (Wildman–Crippen MR) is 89.8 cm³/mol. The van der Waals surface area contributed by atoms with Crippen LogP contribution in [0.1, 0.15) is 11.3 Å². The number of nitrogens with zero attached hydrogens (tertiary/aromatic N) is 2. The van der Waals surface area contributed by atoms with Crippen molar-refractivity contribution in [2.24, 2.45) is 10.7 Å². The van der Waals surface area contributed by atoms with Gasteiger partial charge in [0.15, 0.2) is 5.96 Å². The van der Waals surface area contributed by atoms with Gasteiger partial charge in [0.2, 0.25) is 0 Å². The Morgan fingerprint density at radius 2 is 2.11 bits per heavy atom. The second-order valence-corrected chi connectivity index (χ2v) is 4.02. The fourth-order valence-electron chi connectivity index (χ4n) is 1.57. The molecule has 0 atom stereocenters. The number of aliphatic imine (C=N–C) groups is 1. The van der Waals surface area contributed by atoms with Crippen LogP contribution in [0.2, 0.25) is 0 Å². The molecule has 0 radical (unpaired) electrons. The number of benzene rings is 1. The Balaban J connectivity index is 0.00000180. The normalized spacial score (nSPS) is 10.7. The summed E-state index contributed by atoms with van der Waals surface area (Å²) in [5, 5.41) is 3.05. The Morgan fingerprint density at radius 1 is 1.26 bits per heavy atom. The zero-order chi connectivity index (χ0) is 12.8. The van der Waals surface area contributed by atoms with Gasteiger partial charge in [0, 0.05) is 11.9 Å². The average Bonchev–Trinajstić information content (AvgIpc) is 2.38. The first-order valence-corrected chi connectivity index (χ1v) is 5.77. The van der Waals surface area contributed by atoms with Crippen molar-refractivity contribution < 1.29 is 0 Å². The minimum atomic E-state index is 0. The number of guanidine groups is 1. The van der Waals surface area contributed by atoms with Crippen LogP contribution in [0.3, 0.4) is 0 Å². The van der Waals surface area contributed by atoms with E-state index in [1.165, 1.54) is 5.56 Å². The Bertz CT molecular complexity index is 540. The molecule has 0 amide bonds. The van der Waals surface area contributed by atoms with Crippen molar-refractivity contribution in [1.29, 1.82) is 0 Å². The second kappa shape index (κ2) is 7.73. The lowest BCUT2D eigenvalue weighted by Gasteiger charge is -2.06. The topological polar surface area (TPSA) is 63.3 Å². The number of hydrogen-bond donors (Lipinski definition) is 2. The predicted octanol–water partition coefficient (Wildman–Crippen LogP) is 2.93. The summed E-state index contributed by atoms with van der Waals surface area (Å²) in [4.78, 5) is 8.42. The maximum atomic E-state index is 5.81. The molecule has 0 unspecified atom stereocenters. The molecule has 0 aliphatic heterocycles. The number of nitrogens with one attached hydrogen (secondary N) is 1. The molecule has 19 heavy (non-hydrogen) atoms. The molecule has 5 heteroatoms. The van der Waals surface area contributed by atoms with Crippen molar-refractivity contribution in [3.05, 3.63) is 59.9 Å². The van der Waals surface area contributed by atoms with Gasteiger partial charge in [0.1, 0.15) is 0 Å². The number of aryl methyl sites for hydroxylation is 1. The smallest absolute Gasteiger partial charge is 0.193 e. The van der Waals surface area contributed by atoms with Crippen molar-refractivity contribution in [3.8, 4) is 0 Å². The Labute approximate surface area is 130 Å². The average molecular weight is 368 g/mol. The van der Waals surface area contributed by atoms with E-state index in [4.69, 9.17) is 5.73 Å².